The number of fused-ring (bicyclic) bond motifs is 1. The van der Waals surface area contributed by atoms with E-state index in [0.717, 1.165) is 4.31 Å². The topological polar surface area (TPSA) is 89.7 Å². The van der Waals surface area contributed by atoms with E-state index in [1.54, 1.807) is 24.3 Å². The van der Waals surface area contributed by atoms with Crippen LogP contribution in [0.5, 0.6) is 5.75 Å². The largest absolute Gasteiger partial charge is 0.476 e. The van der Waals surface area contributed by atoms with Crippen LogP contribution in [0, 0.1) is 0 Å². The molecule has 2 aromatic carbocycles. The minimum absolute atomic E-state index is 0.0834. The van der Waals surface area contributed by atoms with Gasteiger partial charge in [0.1, 0.15) is 5.75 Å². The molecule has 0 radical (unpaired) electrons. The van der Waals surface area contributed by atoms with Crippen molar-refractivity contribution < 1.29 is 17.9 Å². The Hall–Kier alpha value is -1.96. The Labute approximate surface area is 148 Å². The van der Waals surface area contributed by atoms with Gasteiger partial charge in [-0.05, 0) is 30.3 Å². The third kappa shape index (κ3) is 3.02. The van der Waals surface area contributed by atoms with E-state index in [1.807, 2.05) is 0 Å². The van der Waals surface area contributed by atoms with Crippen LogP contribution >= 0.6 is 23.2 Å². The Balaban J connectivity index is 2.14. The number of rotatable bonds is 3. The molecule has 126 valence electrons. The van der Waals surface area contributed by atoms with Gasteiger partial charge in [-0.2, -0.15) is 0 Å². The molecule has 1 heterocycles. The Morgan fingerprint density at radius 3 is 2.42 bits per heavy atom. The highest BCUT2D eigenvalue weighted by molar-refractivity contribution is 7.92. The van der Waals surface area contributed by atoms with Gasteiger partial charge in [-0.15, -0.1) is 0 Å². The molecule has 0 spiro atoms. The first-order valence-electron chi connectivity index (χ1n) is 6.83. The first kappa shape index (κ1) is 16.9. The molecule has 0 aliphatic carbocycles. The summed E-state index contributed by atoms with van der Waals surface area (Å²) in [6.07, 6.45) is -1.09. The highest BCUT2D eigenvalue weighted by atomic mass is 35.5. The lowest BCUT2D eigenvalue weighted by Gasteiger charge is -2.34. The molecule has 6 nitrogen and oxygen atoms in total. The van der Waals surface area contributed by atoms with Crippen LogP contribution in [0.1, 0.15) is 0 Å². The molecular formula is C15H12Cl2N2O4S. The minimum Gasteiger partial charge on any atom is -0.476 e. The molecule has 0 unspecified atom stereocenters. The lowest BCUT2D eigenvalue weighted by Crippen LogP contribution is -2.49. The summed E-state index contributed by atoms with van der Waals surface area (Å²) < 4.78 is 32.6. The number of sulfonamides is 1. The van der Waals surface area contributed by atoms with Gasteiger partial charge in [0.2, 0.25) is 0 Å². The number of nitrogens with two attached hydrogens (primary N) is 1. The predicted molar refractivity (Wildman–Crippen MR) is 91.0 cm³/mol. The lowest BCUT2D eigenvalue weighted by atomic mass is 10.2. The van der Waals surface area contributed by atoms with Gasteiger partial charge in [-0.3, -0.25) is 9.10 Å². The molecular weight excluding hydrogens is 375 g/mol. The van der Waals surface area contributed by atoms with Crippen LogP contribution in [-0.2, 0) is 14.8 Å². The summed E-state index contributed by atoms with van der Waals surface area (Å²) in [7, 11) is -4.01. The van der Waals surface area contributed by atoms with Crippen molar-refractivity contribution in [2.24, 2.45) is 5.73 Å². The Morgan fingerprint density at radius 1 is 1.17 bits per heavy atom. The molecule has 0 saturated heterocycles. The normalized spacial score (nSPS) is 17.1. The van der Waals surface area contributed by atoms with E-state index in [4.69, 9.17) is 33.7 Å². The Kier molecular flexibility index (Phi) is 4.33. The number of nitrogens with zero attached hydrogens (tertiary/aromatic N) is 1. The number of benzene rings is 2. The molecule has 1 amide bonds. The van der Waals surface area contributed by atoms with E-state index < -0.39 is 22.0 Å². The van der Waals surface area contributed by atoms with Crippen molar-refractivity contribution in [1.82, 2.24) is 0 Å². The smallest absolute Gasteiger partial charge is 0.264 e. The van der Waals surface area contributed by atoms with Gasteiger partial charge >= 0.3 is 0 Å². The molecule has 1 atom stereocenters. The Morgan fingerprint density at radius 2 is 1.79 bits per heavy atom. The number of halogens is 2. The molecule has 0 fully saturated rings. The van der Waals surface area contributed by atoms with Crippen LogP contribution in [0.25, 0.3) is 0 Å². The first-order chi connectivity index (χ1) is 11.3. The third-order valence-corrected chi connectivity index (χ3v) is 5.67. The second-order valence-electron chi connectivity index (χ2n) is 5.12. The number of amides is 1. The number of primary amides is 1. The fourth-order valence-electron chi connectivity index (χ4n) is 2.38. The second-order valence-corrected chi connectivity index (χ2v) is 7.85. The van der Waals surface area contributed by atoms with E-state index >= 15 is 0 Å². The number of hydrogen-bond donors (Lipinski definition) is 1. The molecule has 2 N–H and O–H groups in total. The zero-order chi connectivity index (χ0) is 17.5. The molecule has 1 aliphatic heterocycles. The molecule has 9 heteroatoms. The van der Waals surface area contributed by atoms with Gasteiger partial charge in [-0.25, -0.2) is 8.42 Å². The van der Waals surface area contributed by atoms with Crippen molar-refractivity contribution in [3.63, 3.8) is 0 Å². The van der Waals surface area contributed by atoms with Gasteiger partial charge in [0.05, 0.1) is 17.1 Å². The number of para-hydroxylation sites is 2. The van der Waals surface area contributed by atoms with Gasteiger partial charge in [0, 0.05) is 10.0 Å². The van der Waals surface area contributed by atoms with Crippen LogP contribution in [0.2, 0.25) is 10.0 Å². The number of carbonyl (C=O) groups is 1. The molecule has 1 aliphatic rings. The summed E-state index contributed by atoms with van der Waals surface area (Å²) in [4.78, 5) is 11.4. The molecule has 24 heavy (non-hydrogen) atoms. The van der Waals surface area contributed by atoms with Crippen LogP contribution in [-0.4, -0.2) is 27.0 Å². The second kappa shape index (κ2) is 6.16. The summed E-state index contributed by atoms with van der Waals surface area (Å²) >= 11 is 11.8. The van der Waals surface area contributed by atoms with E-state index in [1.165, 1.54) is 18.2 Å². The maximum absolute atomic E-state index is 13.0. The number of anilines is 1. The predicted octanol–water partition coefficient (Wildman–Crippen LogP) is 2.44. The monoisotopic (exact) mass is 386 g/mol. The fraction of sp³-hybridized carbons (Fsp3) is 0.133. The van der Waals surface area contributed by atoms with Crippen LogP contribution in [0.15, 0.2) is 47.4 Å². The van der Waals surface area contributed by atoms with E-state index in [0.29, 0.717) is 5.69 Å². The zero-order valence-electron chi connectivity index (χ0n) is 12.1. The number of ether oxygens (including phenoxy) is 1. The maximum atomic E-state index is 13.0. The Bertz CT molecular complexity index is 897. The van der Waals surface area contributed by atoms with Crippen LogP contribution in [0.3, 0.4) is 0 Å². The van der Waals surface area contributed by atoms with Gasteiger partial charge in [0.25, 0.3) is 15.9 Å². The number of carbonyl (C=O) groups excluding carboxylic acids is 1. The molecule has 3 rings (SSSR count). The van der Waals surface area contributed by atoms with Crippen molar-refractivity contribution in [2.45, 2.75) is 11.0 Å². The van der Waals surface area contributed by atoms with Crippen LogP contribution in [0.4, 0.5) is 5.69 Å². The zero-order valence-corrected chi connectivity index (χ0v) is 14.5. The maximum Gasteiger partial charge on any atom is 0.264 e. The third-order valence-electron chi connectivity index (χ3n) is 3.48. The van der Waals surface area contributed by atoms with Crippen LogP contribution < -0.4 is 14.8 Å². The summed E-state index contributed by atoms with van der Waals surface area (Å²) in [5.74, 6) is -0.502. The summed E-state index contributed by atoms with van der Waals surface area (Å²) in [5, 5.41) is 0.378. The van der Waals surface area contributed by atoms with E-state index in [2.05, 4.69) is 0 Å². The molecule has 2 aromatic rings. The van der Waals surface area contributed by atoms with E-state index in [-0.39, 0.29) is 27.2 Å². The summed E-state index contributed by atoms with van der Waals surface area (Å²) in [6.45, 7) is -0.237. The van der Waals surface area contributed by atoms with E-state index in [9.17, 15) is 13.2 Å². The van der Waals surface area contributed by atoms with Gasteiger partial charge in [-0.1, -0.05) is 35.3 Å². The van der Waals surface area contributed by atoms with Gasteiger partial charge < -0.3 is 10.5 Å². The quantitative estimate of drug-likeness (QED) is 0.876. The van der Waals surface area contributed by atoms with Gasteiger partial charge in [0.15, 0.2) is 6.10 Å². The van der Waals surface area contributed by atoms with Crippen molar-refractivity contribution in [3.8, 4) is 5.75 Å². The van der Waals surface area contributed by atoms with Crippen molar-refractivity contribution >= 4 is 44.8 Å². The van der Waals surface area contributed by atoms with Crippen molar-refractivity contribution in [2.75, 3.05) is 10.8 Å². The number of hydrogen-bond acceptors (Lipinski definition) is 4. The lowest BCUT2D eigenvalue weighted by molar-refractivity contribution is -0.124. The SMILES string of the molecule is NC(=O)[C@@H]1CN(S(=O)(=O)c2cc(Cl)cc(Cl)c2)c2ccccc2O1. The highest BCUT2D eigenvalue weighted by Gasteiger charge is 2.36. The standard InChI is InChI=1S/C15H12Cl2N2O4S/c16-9-5-10(17)7-11(6-9)24(21,22)19-8-14(15(18)20)23-13-4-2-1-3-12(13)19/h1-7,14H,8H2,(H2,18,20)/t14-/m0/s1. The minimum atomic E-state index is -4.01. The summed E-state index contributed by atoms with van der Waals surface area (Å²) in [5.41, 5.74) is 5.60. The van der Waals surface area contributed by atoms with Crippen molar-refractivity contribution in [1.29, 1.82) is 0 Å². The molecule has 0 saturated carbocycles. The molecule has 0 aromatic heterocycles. The average molecular weight is 387 g/mol. The molecule has 0 bridgehead atoms. The first-order valence-corrected chi connectivity index (χ1v) is 9.02. The van der Waals surface area contributed by atoms with Crippen molar-refractivity contribution in [3.05, 3.63) is 52.5 Å². The highest BCUT2D eigenvalue weighted by Crippen LogP contribution is 2.37. The summed E-state index contributed by atoms with van der Waals surface area (Å²) in [6, 6.07) is 10.5. The average Bonchev–Trinajstić information content (AvgIpc) is 2.52. The fourth-order valence-corrected chi connectivity index (χ4v) is 4.59.